The van der Waals surface area contributed by atoms with E-state index in [4.69, 9.17) is 23.2 Å². The number of hydrogen-bond donors (Lipinski definition) is 1. The number of aromatic nitrogens is 4. The zero-order valence-electron chi connectivity index (χ0n) is 14.5. The van der Waals surface area contributed by atoms with Crippen LogP contribution in [0.3, 0.4) is 0 Å². The molecule has 2 heterocycles. The third-order valence-electron chi connectivity index (χ3n) is 3.80. The molecule has 3 rings (SSSR count). The fraction of sp³-hybridized carbons (Fsp3) is 0.294. The lowest BCUT2D eigenvalue weighted by Crippen LogP contribution is -2.28. The highest BCUT2D eigenvalue weighted by atomic mass is 35.5. The molecule has 0 saturated heterocycles. The van der Waals surface area contributed by atoms with Crippen molar-refractivity contribution in [1.29, 1.82) is 0 Å². The Bertz CT molecular complexity index is 975. The molecular weight excluding hydrogens is 393 g/mol. The maximum atomic E-state index is 12.3. The van der Waals surface area contributed by atoms with E-state index in [9.17, 15) is 4.79 Å². The molecule has 6 nitrogen and oxygen atoms in total. The van der Waals surface area contributed by atoms with Gasteiger partial charge < -0.3 is 5.32 Å². The minimum Gasteiger partial charge on any atom is -0.349 e. The largest absolute Gasteiger partial charge is 0.349 e. The van der Waals surface area contributed by atoms with E-state index in [0.29, 0.717) is 15.2 Å². The third-order valence-corrected chi connectivity index (χ3v) is 5.29. The number of carbonyl (C=O) groups excluding carboxylic acids is 1. The summed E-state index contributed by atoms with van der Waals surface area (Å²) in [5, 5.41) is 12.9. The Balaban J connectivity index is 1.66. The van der Waals surface area contributed by atoms with Gasteiger partial charge in [0.2, 0.25) is 5.91 Å². The van der Waals surface area contributed by atoms with Crippen LogP contribution in [0.15, 0.2) is 29.4 Å². The monoisotopic (exact) mass is 409 g/mol. The van der Waals surface area contributed by atoms with Crippen LogP contribution < -0.4 is 5.32 Å². The third kappa shape index (κ3) is 4.11. The first-order valence-electron chi connectivity index (χ1n) is 7.91. The molecule has 0 saturated carbocycles. The molecule has 0 radical (unpaired) electrons. The average molecular weight is 410 g/mol. The SMILES string of the molecule is Cc1cc2nnc(SCC(=O)NC(C)c3ccc(Cl)cc3Cl)n2c(C)n1. The van der Waals surface area contributed by atoms with E-state index in [1.807, 2.05) is 37.3 Å². The molecule has 0 aliphatic heterocycles. The molecule has 136 valence electrons. The number of nitrogens with one attached hydrogen (secondary N) is 1. The maximum absolute atomic E-state index is 12.3. The molecule has 1 unspecified atom stereocenters. The van der Waals surface area contributed by atoms with E-state index < -0.39 is 0 Å². The van der Waals surface area contributed by atoms with Crippen molar-refractivity contribution >= 4 is 46.5 Å². The summed E-state index contributed by atoms with van der Waals surface area (Å²) in [4.78, 5) is 16.7. The van der Waals surface area contributed by atoms with Crippen molar-refractivity contribution in [2.45, 2.75) is 32.0 Å². The van der Waals surface area contributed by atoms with E-state index in [-0.39, 0.29) is 17.7 Å². The first-order valence-corrected chi connectivity index (χ1v) is 9.66. The summed E-state index contributed by atoms with van der Waals surface area (Å²) >= 11 is 13.4. The van der Waals surface area contributed by atoms with Crippen LogP contribution in [0.5, 0.6) is 0 Å². The molecule has 1 atom stereocenters. The summed E-state index contributed by atoms with van der Waals surface area (Å²) in [6, 6.07) is 6.85. The normalized spacial score (nSPS) is 12.3. The second-order valence-corrected chi connectivity index (χ2v) is 7.65. The molecule has 3 aromatic rings. The van der Waals surface area contributed by atoms with Crippen LogP contribution in [-0.2, 0) is 4.79 Å². The Morgan fingerprint density at radius 3 is 2.77 bits per heavy atom. The standard InChI is InChI=1S/C17H17Cl2N5OS/c1-9-6-15-22-23-17(24(15)11(3)20-9)26-8-16(25)21-10(2)13-5-4-12(18)7-14(13)19/h4-7,10H,8H2,1-3H3,(H,21,25). The molecule has 1 amide bonds. The van der Waals surface area contributed by atoms with E-state index in [1.54, 1.807) is 12.1 Å². The zero-order valence-corrected chi connectivity index (χ0v) is 16.8. The van der Waals surface area contributed by atoms with Crippen molar-refractivity contribution in [2.24, 2.45) is 0 Å². The second kappa shape index (κ2) is 7.82. The van der Waals surface area contributed by atoms with Crippen molar-refractivity contribution in [3.63, 3.8) is 0 Å². The zero-order chi connectivity index (χ0) is 18.8. The van der Waals surface area contributed by atoms with Gasteiger partial charge in [0.1, 0.15) is 5.82 Å². The van der Waals surface area contributed by atoms with Crippen LogP contribution >= 0.6 is 35.0 Å². The highest BCUT2D eigenvalue weighted by molar-refractivity contribution is 7.99. The van der Waals surface area contributed by atoms with Crippen LogP contribution in [0.4, 0.5) is 0 Å². The summed E-state index contributed by atoms with van der Waals surface area (Å²) in [7, 11) is 0. The minimum atomic E-state index is -0.228. The van der Waals surface area contributed by atoms with Crippen molar-refractivity contribution in [1.82, 2.24) is 24.9 Å². The van der Waals surface area contributed by atoms with Crippen molar-refractivity contribution in [3.05, 3.63) is 51.4 Å². The van der Waals surface area contributed by atoms with E-state index >= 15 is 0 Å². The van der Waals surface area contributed by atoms with E-state index in [2.05, 4.69) is 20.5 Å². The maximum Gasteiger partial charge on any atom is 0.230 e. The lowest BCUT2D eigenvalue weighted by atomic mass is 10.1. The number of benzene rings is 1. The van der Waals surface area contributed by atoms with Gasteiger partial charge in [0, 0.05) is 21.8 Å². The summed E-state index contributed by atoms with van der Waals surface area (Å²) in [5.74, 6) is 0.876. The molecule has 9 heteroatoms. The second-order valence-electron chi connectivity index (χ2n) is 5.86. The summed E-state index contributed by atoms with van der Waals surface area (Å²) in [6.45, 7) is 5.67. The van der Waals surface area contributed by atoms with Gasteiger partial charge in [0.15, 0.2) is 10.8 Å². The molecule has 1 aromatic carbocycles. The number of fused-ring (bicyclic) bond motifs is 1. The lowest BCUT2D eigenvalue weighted by Gasteiger charge is -2.15. The molecule has 0 aliphatic carbocycles. The lowest BCUT2D eigenvalue weighted by molar-refractivity contribution is -0.119. The topological polar surface area (TPSA) is 72.2 Å². The number of rotatable bonds is 5. The fourth-order valence-electron chi connectivity index (χ4n) is 2.64. The number of halogens is 2. The quantitative estimate of drug-likeness (QED) is 0.644. The number of amides is 1. The number of nitrogens with zero attached hydrogens (tertiary/aromatic N) is 4. The Kier molecular flexibility index (Phi) is 5.70. The summed E-state index contributed by atoms with van der Waals surface area (Å²) in [6.07, 6.45) is 0. The molecular formula is C17H17Cl2N5OS. The van der Waals surface area contributed by atoms with Crippen LogP contribution in [0, 0.1) is 13.8 Å². The molecule has 26 heavy (non-hydrogen) atoms. The highest BCUT2D eigenvalue weighted by Gasteiger charge is 2.15. The van der Waals surface area contributed by atoms with Crippen LogP contribution in [0.25, 0.3) is 5.65 Å². The number of thioether (sulfide) groups is 1. The van der Waals surface area contributed by atoms with Crippen molar-refractivity contribution < 1.29 is 4.79 Å². The first-order chi connectivity index (χ1) is 12.3. The smallest absolute Gasteiger partial charge is 0.230 e. The molecule has 0 fully saturated rings. The fourth-order valence-corrected chi connectivity index (χ4v) is 4.01. The van der Waals surface area contributed by atoms with Gasteiger partial charge in [-0.1, -0.05) is 41.0 Å². The Hall–Kier alpha value is -1.83. The predicted molar refractivity (Wildman–Crippen MR) is 104 cm³/mol. The van der Waals surface area contributed by atoms with Crippen LogP contribution in [0.2, 0.25) is 10.0 Å². The van der Waals surface area contributed by atoms with Gasteiger partial charge in [-0.25, -0.2) is 4.98 Å². The highest BCUT2D eigenvalue weighted by Crippen LogP contribution is 2.26. The first kappa shape index (κ1) is 18.9. The summed E-state index contributed by atoms with van der Waals surface area (Å²) < 4.78 is 1.84. The Morgan fingerprint density at radius 1 is 1.27 bits per heavy atom. The molecule has 0 bridgehead atoms. The summed E-state index contributed by atoms with van der Waals surface area (Å²) in [5.41, 5.74) is 2.42. The minimum absolute atomic E-state index is 0.122. The predicted octanol–water partition coefficient (Wildman–Crippen LogP) is 4.02. The van der Waals surface area contributed by atoms with Gasteiger partial charge in [0.25, 0.3) is 0 Å². The van der Waals surface area contributed by atoms with Crippen molar-refractivity contribution in [2.75, 3.05) is 5.75 Å². The Morgan fingerprint density at radius 2 is 2.04 bits per heavy atom. The van der Waals surface area contributed by atoms with Gasteiger partial charge in [0.05, 0.1) is 11.8 Å². The Labute approximate surface area is 165 Å². The number of carbonyl (C=O) groups is 1. The van der Waals surface area contributed by atoms with E-state index in [0.717, 1.165) is 22.7 Å². The van der Waals surface area contributed by atoms with Gasteiger partial charge in [-0.3, -0.25) is 9.20 Å². The molecule has 1 N–H and O–H groups in total. The molecule has 0 aliphatic rings. The van der Waals surface area contributed by atoms with Gasteiger partial charge >= 0.3 is 0 Å². The van der Waals surface area contributed by atoms with E-state index in [1.165, 1.54) is 11.8 Å². The van der Waals surface area contributed by atoms with Crippen LogP contribution in [0.1, 0.15) is 30.0 Å². The van der Waals surface area contributed by atoms with Gasteiger partial charge in [-0.05, 0) is 38.5 Å². The van der Waals surface area contributed by atoms with Gasteiger partial charge in [-0.2, -0.15) is 0 Å². The number of aryl methyl sites for hydroxylation is 2. The van der Waals surface area contributed by atoms with Crippen LogP contribution in [-0.4, -0.2) is 31.2 Å². The molecule has 0 spiro atoms. The van der Waals surface area contributed by atoms with Gasteiger partial charge in [-0.15, -0.1) is 10.2 Å². The number of hydrogen-bond acceptors (Lipinski definition) is 5. The van der Waals surface area contributed by atoms with Crippen molar-refractivity contribution in [3.8, 4) is 0 Å². The average Bonchev–Trinajstić information content (AvgIpc) is 2.95. The molecule has 2 aromatic heterocycles.